The third kappa shape index (κ3) is 2.36. The third-order valence-corrected chi connectivity index (χ3v) is 4.34. The molecular formula is C17H18N4O. The van der Waals surface area contributed by atoms with E-state index in [9.17, 15) is 0 Å². The van der Waals surface area contributed by atoms with Gasteiger partial charge in [0.05, 0.1) is 16.7 Å². The summed E-state index contributed by atoms with van der Waals surface area (Å²) in [6, 6.07) is 7.82. The fraction of sp³-hybridized carbons (Fsp3) is 0.412. The van der Waals surface area contributed by atoms with Gasteiger partial charge in [-0.3, -0.25) is 0 Å². The summed E-state index contributed by atoms with van der Waals surface area (Å²) in [6.45, 7) is 1.93. The summed E-state index contributed by atoms with van der Waals surface area (Å²) in [6.07, 6.45) is 6.09. The molecular weight excluding hydrogens is 276 g/mol. The summed E-state index contributed by atoms with van der Waals surface area (Å²) in [7, 11) is 0. The highest BCUT2D eigenvalue weighted by Crippen LogP contribution is 2.33. The lowest BCUT2D eigenvalue weighted by molar-refractivity contribution is 0.367. The monoisotopic (exact) mass is 294 g/mol. The molecule has 0 N–H and O–H groups in total. The summed E-state index contributed by atoms with van der Waals surface area (Å²) >= 11 is 0. The molecule has 1 aliphatic carbocycles. The zero-order chi connectivity index (χ0) is 14.9. The van der Waals surface area contributed by atoms with Gasteiger partial charge in [0.15, 0.2) is 0 Å². The van der Waals surface area contributed by atoms with Gasteiger partial charge in [0, 0.05) is 5.92 Å². The van der Waals surface area contributed by atoms with Gasteiger partial charge in [-0.25, -0.2) is 9.97 Å². The van der Waals surface area contributed by atoms with Crippen molar-refractivity contribution in [3.8, 4) is 11.6 Å². The van der Waals surface area contributed by atoms with Gasteiger partial charge >= 0.3 is 0 Å². The summed E-state index contributed by atoms with van der Waals surface area (Å²) in [4.78, 5) is 9.23. The van der Waals surface area contributed by atoms with Gasteiger partial charge < -0.3 is 4.42 Å². The summed E-state index contributed by atoms with van der Waals surface area (Å²) in [5, 5.41) is 8.46. The van der Waals surface area contributed by atoms with Crippen LogP contribution in [0.1, 0.15) is 49.6 Å². The number of aromatic nitrogens is 4. The number of rotatable bonds is 2. The molecule has 5 heteroatoms. The molecule has 4 rings (SSSR count). The summed E-state index contributed by atoms with van der Waals surface area (Å²) in [5.74, 6) is 1.64. The first kappa shape index (κ1) is 13.4. The van der Waals surface area contributed by atoms with Gasteiger partial charge in [-0.1, -0.05) is 31.4 Å². The van der Waals surface area contributed by atoms with Gasteiger partial charge in [-0.15, -0.1) is 10.2 Å². The van der Waals surface area contributed by atoms with Crippen molar-refractivity contribution >= 4 is 11.0 Å². The van der Waals surface area contributed by atoms with Crippen molar-refractivity contribution < 1.29 is 4.42 Å². The highest BCUT2D eigenvalue weighted by atomic mass is 16.4. The molecule has 1 saturated carbocycles. The number of aryl methyl sites for hydroxylation is 1. The van der Waals surface area contributed by atoms with E-state index in [4.69, 9.17) is 4.42 Å². The molecule has 0 unspecified atom stereocenters. The predicted octanol–water partition coefficient (Wildman–Crippen LogP) is 4.04. The first-order valence-electron chi connectivity index (χ1n) is 7.88. The van der Waals surface area contributed by atoms with Crippen molar-refractivity contribution in [1.82, 2.24) is 20.2 Å². The van der Waals surface area contributed by atoms with Crippen LogP contribution >= 0.6 is 0 Å². The number of hydrogen-bond acceptors (Lipinski definition) is 5. The Balaban J connectivity index is 1.72. The smallest absolute Gasteiger partial charge is 0.268 e. The Morgan fingerprint density at radius 1 is 0.955 bits per heavy atom. The minimum Gasteiger partial charge on any atom is -0.419 e. The van der Waals surface area contributed by atoms with Crippen LogP contribution in [0.15, 0.2) is 28.7 Å². The second kappa shape index (κ2) is 5.48. The standard InChI is InChI=1S/C17H18N4O/c1-11-15(19-14-10-6-5-9-13(14)18-11)17-21-20-16(22-17)12-7-3-2-4-8-12/h5-6,9-10,12H,2-4,7-8H2,1H3. The molecule has 3 aromatic rings. The molecule has 22 heavy (non-hydrogen) atoms. The van der Waals surface area contributed by atoms with Crippen molar-refractivity contribution in [1.29, 1.82) is 0 Å². The molecule has 0 aliphatic heterocycles. The minimum absolute atomic E-state index is 0.406. The molecule has 5 nitrogen and oxygen atoms in total. The van der Waals surface area contributed by atoms with Crippen LogP contribution in [0.3, 0.4) is 0 Å². The molecule has 0 atom stereocenters. The fourth-order valence-electron chi connectivity index (χ4n) is 3.14. The molecule has 2 aromatic heterocycles. The van der Waals surface area contributed by atoms with Crippen molar-refractivity contribution in [3.63, 3.8) is 0 Å². The molecule has 0 bridgehead atoms. The van der Waals surface area contributed by atoms with Crippen LogP contribution in [0.25, 0.3) is 22.6 Å². The maximum atomic E-state index is 5.91. The molecule has 0 saturated heterocycles. The lowest BCUT2D eigenvalue weighted by Gasteiger charge is -2.17. The van der Waals surface area contributed by atoms with Crippen molar-refractivity contribution in [2.75, 3.05) is 0 Å². The number of para-hydroxylation sites is 2. The van der Waals surface area contributed by atoms with Crippen LogP contribution in [-0.4, -0.2) is 20.2 Å². The molecule has 1 aliphatic rings. The van der Waals surface area contributed by atoms with E-state index < -0.39 is 0 Å². The first-order valence-corrected chi connectivity index (χ1v) is 7.88. The average molecular weight is 294 g/mol. The Morgan fingerprint density at radius 3 is 2.45 bits per heavy atom. The lowest BCUT2D eigenvalue weighted by atomic mass is 9.89. The second-order valence-corrected chi connectivity index (χ2v) is 5.93. The summed E-state index contributed by atoms with van der Waals surface area (Å²) in [5.41, 5.74) is 3.24. The van der Waals surface area contributed by atoms with Crippen LogP contribution < -0.4 is 0 Å². The second-order valence-electron chi connectivity index (χ2n) is 5.93. The molecule has 0 radical (unpaired) electrons. The van der Waals surface area contributed by atoms with Gasteiger partial charge in [-0.2, -0.15) is 0 Å². The van der Waals surface area contributed by atoms with Crippen LogP contribution in [0.2, 0.25) is 0 Å². The molecule has 112 valence electrons. The SMILES string of the molecule is Cc1nc2ccccc2nc1-c1nnc(C2CCCCC2)o1. The number of hydrogen-bond donors (Lipinski definition) is 0. The van der Waals surface area contributed by atoms with Gasteiger partial charge in [0.2, 0.25) is 5.89 Å². The maximum Gasteiger partial charge on any atom is 0.268 e. The summed E-state index contributed by atoms with van der Waals surface area (Å²) < 4.78 is 5.91. The predicted molar refractivity (Wildman–Crippen MR) is 83.4 cm³/mol. The van der Waals surface area contributed by atoms with E-state index in [0.29, 0.717) is 17.5 Å². The Kier molecular flexibility index (Phi) is 3.33. The van der Waals surface area contributed by atoms with Gasteiger partial charge in [0.25, 0.3) is 5.89 Å². The maximum absolute atomic E-state index is 5.91. The van der Waals surface area contributed by atoms with Gasteiger partial charge in [-0.05, 0) is 31.9 Å². The quantitative estimate of drug-likeness (QED) is 0.713. The van der Waals surface area contributed by atoms with Gasteiger partial charge in [0.1, 0.15) is 5.69 Å². The van der Waals surface area contributed by atoms with E-state index in [0.717, 1.165) is 35.5 Å². The van der Waals surface area contributed by atoms with Crippen LogP contribution in [-0.2, 0) is 0 Å². The molecule has 0 amide bonds. The number of nitrogens with zero attached hydrogens (tertiary/aromatic N) is 4. The Bertz CT molecular complexity index is 805. The molecule has 2 heterocycles. The van der Waals surface area contributed by atoms with E-state index in [1.54, 1.807) is 0 Å². The largest absolute Gasteiger partial charge is 0.419 e. The highest BCUT2D eigenvalue weighted by molar-refractivity contribution is 5.76. The molecule has 1 aromatic carbocycles. The first-order chi connectivity index (χ1) is 10.8. The van der Waals surface area contributed by atoms with Crippen molar-refractivity contribution in [2.45, 2.75) is 44.9 Å². The Morgan fingerprint density at radius 2 is 1.68 bits per heavy atom. The average Bonchev–Trinajstić information content (AvgIpc) is 3.05. The number of benzene rings is 1. The zero-order valence-corrected chi connectivity index (χ0v) is 12.6. The highest BCUT2D eigenvalue weighted by Gasteiger charge is 2.23. The third-order valence-electron chi connectivity index (χ3n) is 4.34. The molecule has 1 fully saturated rings. The van der Waals surface area contributed by atoms with E-state index in [1.807, 2.05) is 31.2 Å². The normalized spacial score (nSPS) is 16.2. The van der Waals surface area contributed by atoms with E-state index >= 15 is 0 Å². The van der Waals surface area contributed by atoms with Crippen LogP contribution in [0.4, 0.5) is 0 Å². The van der Waals surface area contributed by atoms with Crippen molar-refractivity contribution in [3.05, 3.63) is 35.9 Å². The van der Waals surface area contributed by atoms with E-state index in [2.05, 4.69) is 20.2 Å². The Hall–Kier alpha value is -2.30. The van der Waals surface area contributed by atoms with Crippen molar-refractivity contribution in [2.24, 2.45) is 0 Å². The Labute approximate surface area is 128 Å². The molecule has 0 spiro atoms. The minimum atomic E-state index is 0.406. The fourth-order valence-corrected chi connectivity index (χ4v) is 3.14. The van der Waals surface area contributed by atoms with E-state index in [1.165, 1.54) is 19.3 Å². The zero-order valence-electron chi connectivity index (χ0n) is 12.6. The van der Waals surface area contributed by atoms with Crippen LogP contribution in [0, 0.1) is 6.92 Å². The van der Waals surface area contributed by atoms with E-state index in [-0.39, 0.29) is 0 Å². The number of fused-ring (bicyclic) bond motifs is 1. The lowest BCUT2D eigenvalue weighted by Crippen LogP contribution is -2.04. The van der Waals surface area contributed by atoms with Crippen LogP contribution in [0.5, 0.6) is 0 Å². The topological polar surface area (TPSA) is 64.7 Å².